The molecule has 0 unspecified atom stereocenters. The molecule has 2 N–H and O–H groups in total. The van der Waals surface area contributed by atoms with E-state index in [0.717, 1.165) is 0 Å². The van der Waals surface area contributed by atoms with Crippen LogP contribution in [0.15, 0.2) is 12.7 Å². The van der Waals surface area contributed by atoms with Gasteiger partial charge in [0, 0.05) is 0 Å². The maximum Gasteiger partial charge on any atom is 0.533 e. The lowest BCUT2D eigenvalue weighted by Crippen LogP contribution is -2.25. The molecule has 0 fully saturated rings. The fraction of sp³-hybridized carbons (Fsp3) is 0.200. The number of carboxylic acid groups (broad SMARTS) is 1. The molecule has 0 aliphatic carbocycles. The van der Waals surface area contributed by atoms with Crippen LogP contribution in [0.2, 0.25) is 0 Å². The summed E-state index contributed by atoms with van der Waals surface area (Å²) in [5.74, 6) is 0. The van der Waals surface area contributed by atoms with Gasteiger partial charge >= 0.3 is 12.2 Å². The van der Waals surface area contributed by atoms with Gasteiger partial charge in [0.05, 0.1) is 0 Å². The molecule has 0 spiro atoms. The van der Waals surface area contributed by atoms with Crippen molar-refractivity contribution >= 4 is 12.2 Å². The molecule has 0 saturated heterocycles. The van der Waals surface area contributed by atoms with Gasteiger partial charge < -0.3 is 14.7 Å². The summed E-state index contributed by atoms with van der Waals surface area (Å²) in [6.45, 7) is 3.23. The lowest BCUT2D eigenvalue weighted by atomic mass is 10.7. The number of ether oxygens (including phenoxy) is 1. The smallest absolute Gasteiger partial charge is 0.463 e. The highest BCUT2D eigenvalue weighted by atomic mass is 16.8. The standard InChI is InChI=1S/C5H7NO5/c1-2-3-10-5(9)11-6-4(7)8/h2,6H,1,3H2,(H,7,8). The summed E-state index contributed by atoms with van der Waals surface area (Å²) in [6.07, 6.45) is -1.27. The normalized spacial score (nSPS) is 8.00. The number of nitrogens with one attached hydrogen (secondary N) is 1. The summed E-state index contributed by atoms with van der Waals surface area (Å²) in [6, 6.07) is 0. The first kappa shape index (κ1) is 9.28. The molecule has 1 amide bonds. The number of carbonyl (C=O) groups is 2. The monoisotopic (exact) mass is 161 g/mol. The van der Waals surface area contributed by atoms with E-state index >= 15 is 0 Å². The summed E-state index contributed by atoms with van der Waals surface area (Å²) in [5, 5.41) is 7.92. The predicted octanol–water partition coefficient (Wildman–Crippen LogP) is 0.508. The van der Waals surface area contributed by atoms with Crippen molar-refractivity contribution < 1.29 is 24.3 Å². The maximum absolute atomic E-state index is 10.3. The van der Waals surface area contributed by atoms with Gasteiger partial charge in [-0.3, -0.25) is 0 Å². The van der Waals surface area contributed by atoms with Crippen molar-refractivity contribution in [2.75, 3.05) is 6.61 Å². The van der Waals surface area contributed by atoms with Gasteiger partial charge in [-0.05, 0) is 0 Å². The van der Waals surface area contributed by atoms with Crippen LogP contribution < -0.4 is 5.48 Å². The van der Waals surface area contributed by atoms with Crippen LogP contribution in [0.1, 0.15) is 0 Å². The van der Waals surface area contributed by atoms with E-state index < -0.39 is 12.2 Å². The average Bonchev–Trinajstić information content (AvgIpc) is 1.97. The van der Waals surface area contributed by atoms with Gasteiger partial charge in [-0.1, -0.05) is 12.7 Å². The van der Waals surface area contributed by atoms with Crippen LogP contribution in [0, 0.1) is 0 Å². The molecule has 0 aliphatic rings. The Bertz CT molecular complexity index is 166. The van der Waals surface area contributed by atoms with Crippen molar-refractivity contribution in [3.05, 3.63) is 12.7 Å². The van der Waals surface area contributed by atoms with Crippen LogP contribution in [0.5, 0.6) is 0 Å². The first-order valence-corrected chi connectivity index (χ1v) is 2.60. The maximum atomic E-state index is 10.3. The van der Waals surface area contributed by atoms with Gasteiger partial charge in [0.25, 0.3) is 0 Å². The molecule has 0 aliphatic heterocycles. The van der Waals surface area contributed by atoms with Gasteiger partial charge in [0.15, 0.2) is 0 Å². The lowest BCUT2D eigenvalue weighted by Gasteiger charge is -2.00. The molecule has 0 aromatic carbocycles. The number of amides is 1. The van der Waals surface area contributed by atoms with Gasteiger partial charge in [-0.25, -0.2) is 9.59 Å². The first-order valence-electron chi connectivity index (χ1n) is 2.60. The highest BCUT2D eigenvalue weighted by molar-refractivity contribution is 5.67. The van der Waals surface area contributed by atoms with Crippen LogP contribution in [-0.4, -0.2) is 24.0 Å². The molecule has 62 valence electrons. The van der Waals surface area contributed by atoms with Crippen LogP contribution in [0.4, 0.5) is 9.59 Å². The lowest BCUT2D eigenvalue weighted by molar-refractivity contribution is 0.0244. The molecule has 6 heteroatoms. The van der Waals surface area contributed by atoms with Gasteiger partial charge in [-0.2, -0.15) is 0 Å². The zero-order valence-electron chi connectivity index (χ0n) is 5.57. The van der Waals surface area contributed by atoms with Gasteiger partial charge in [0.1, 0.15) is 6.61 Å². The second kappa shape index (κ2) is 5.10. The second-order valence-corrected chi connectivity index (χ2v) is 1.36. The summed E-state index contributed by atoms with van der Waals surface area (Å²) < 4.78 is 4.24. The van der Waals surface area contributed by atoms with E-state index in [1.165, 1.54) is 11.6 Å². The molecular formula is C5H7NO5. The van der Waals surface area contributed by atoms with Crippen molar-refractivity contribution in [1.82, 2.24) is 5.48 Å². The largest absolute Gasteiger partial charge is 0.533 e. The molecule has 0 aromatic heterocycles. The zero-order valence-corrected chi connectivity index (χ0v) is 5.57. The Morgan fingerprint density at radius 3 is 2.73 bits per heavy atom. The molecule has 6 nitrogen and oxygen atoms in total. The van der Waals surface area contributed by atoms with Crippen molar-refractivity contribution in [3.63, 3.8) is 0 Å². The van der Waals surface area contributed by atoms with E-state index in [2.05, 4.69) is 16.2 Å². The Morgan fingerprint density at radius 2 is 2.27 bits per heavy atom. The SMILES string of the molecule is C=CCOC(=O)ONC(=O)O. The fourth-order valence-electron chi connectivity index (χ4n) is 0.242. The van der Waals surface area contributed by atoms with E-state index in [0.29, 0.717) is 0 Å². The average molecular weight is 161 g/mol. The van der Waals surface area contributed by atoms with E-state index in [-0.39, 0.29) is 6.61 Å². The molecule has 0 bridgehead atoms. The minimum Gasteiger partial charge on any atom is -0.463 e. The highest BCUT2D eigenvalue weighted by Crippen LogP contribution is 1.81. The van der Waals surface area contributed by atoms with Crippen molar-refractivity contribution in [3.8, 4) is 0 Å². The molecule has 0 saturated carbocycles. The van der Waals surface area contributed by atoms with E-state index in [1.54, 1.807) is 0 Å². The molecule has 0 radical (unpaired) electrons. The van der Waals surface area contributed by atoms with Gasteiger partial charge in [-0.15, -0.1) is 5.48 Å². The second-order valence-electron chi connectivity index (χ2n) is 1.36. The Kier molecular flexibility index (Phi) is 4.30. The van der Waals surface area contributed by atoms with Crippen LogP contribution in [0.25, 0.3) is 0 Å². The van der Waals surface area contributed by atoms with Crippen LogP contribution in [-0.2, 0) is 9.57 Å². The van der Waals surface area contributed by atoms with Crippen LogP contribution >= 0.6 is 0 Å². The van der Waals surface area contributed by atoms with Crippen molar-refractivity contribution in [1.29, 1.82) is 0 Å². The van der Waals surface area contributed by atoms with Crippen molar-refractivity contribution in [2.45, 2.75) is 0 Å². The Hall–Kier alpha value is -1.72. The van der Waals surface area contributed by atoms with E-state index in [9.17, 15) is 9.59 Å². The van der Waals surface area contributed by atoms with Crippen molar-refractivity contribution in [2.24, 2.45) is 0 Å². The topological polar surface area (TPSA) is 84.9 Å². The van der Waals surface area contributed by atoms with Crippen LogP contribution in [0.3, 0.4) is 0 Å². The highest BCUT2D eigenvalue weighted by Gasteiger charge is 2.03. The number of carbonyl (C=O) groups excluding carboxylic acids is 1. The molecule has 0 atom stereocenters. The fourth-order valence-corrected chi connectivity index (χ4v) is 0.242. The third-order valence-corrected chi connectivity index (χ3v) is 0.541. The number of hydrogen-bond acceptors (Lipinski definition) is 4. The molecule has 0 rings (SSSR count). The Balaban J connectivity index is 3.37. The minimum atomic E-state index is -1.47. The number of rotatable bonds is 2. The Morgan fingerprint density at radius 1 is 1.64 bits per heavy atom. The van der Waals surface area contributed by atoms with E-state index in [4.69, 9.17) is 5.11 Å². The summed E-state index contributed by atoms with van der Waals surface area (Å²) in [7, 11) is 0. The first-order chi connectivity index (χ1) is 5.16. The predicted molar refractivity (Wildman–Crippen MR) is 33.8 cm³/mol. The van der Waals surface area contributed by atoms with E-state index in [1.807, 2.05) is 0 Å². The quantitative estimate of drug-likeness (QED) is 0.350. The molecule has 0 aromatic rings. The molecule has 0 heterocycles. The number of hydrogen-bond donors (Lipinski definition) is 2. The summed E-state index contributed by atoms with van der Waals surface area (Å²) in [5.41, 5.74) is 1.36. The zero-order chi connectivity index (χ0) is 8.69. The minimum absolute atomic E-state index is 0.0276. The summed E-state index contributed by atoms with van der Waals surface area (Å²) in [4.78, 5) is 23.8. The van der Waals surface area contributed by atoms with Gasteiger partial charge in [0.2, 0.25) is 0 Å². The Labute approximate surface area is 62.4 Å². The molecular weight excluding hydrogens is 154 g/mol. The summed E-state index contributed by atoms with van der Waals surface area (Å²) >= 11 is 0. The third kappa shape index (κ3) is 6.16. The number of hydroxylamine groups is 1. The molecule has 11 heavy (non-hydrogen) atoms. The third-order valence-electron chi connectivity index (χ3n) is 0.541.